The lowest BCUT2D eigenvalue weighted by Crippen LogP contribution is -1.88. The van der Waals surface area contributed by atoms with E-state index in [1.54, 1.807) is 6.92 Å². The zero-order valence-electron chi connectivity index (χ0n) is 3.65. The first-order chi connectivity index (χ1) is 2.77. The van der Waals surface area contributed by atoms with E-state index in [2.05, 4.69) is 11.3 Å². The van der Waals surface area contributed by atoms with Gasteiger partial charge in [-0.2, -0.15) is 0 Å². The molecule has 0 radical (unpaired) electrons. The second-order valence-corrected chi connectivity index (χ2v) is 1.46. The van der Waals surface area contributed by atoms with Gasteiger partial charge in [-0.15, -0.1) is 0 Å². The fourth-order valence-electron chi connectivity index (χ4n) is 0.133. The third-order valence-corrected chi connectivity index (χ3v) is 0.387. The van der Waals surface area contributed by atoms with Gasteiger partial charge in [0.15, 0.2) is 5.56 Å². The molecule has 1 unspecified atom stereocenters. The van der Waals surface area contributed by atoms with Crippen LogP contribution in [0.4, 0.5) is 0 Å². The van der Waals surface area contributed by atoms with Gasteiger partial charge in [0.05, 0.1) is 6.26 Å². The first-order valence-corrected chi connectivity index (χ1v) is 2.11. The van der Waals surface area contributed by atoms with Crippen LogP contribution in [0.3, 0.4) is 0 Å². The highest BCUT2D eigenvalue weighted by molar-refractivity contribution is 6.19. The molecule has 0 heterocycles. The molecular weight excluding hydrogens is 99.5 g/mol. The maximum absolute atomic E-state index is 5.28. The van der Waals surface area contributed by atoms with Crippen LogP contribution < -0.4 is 0 Å². The summed E-state index contributed by atoms with van der Waals surface area (Å²) in [6.45, 7) is 5.02. The van der Waals surface area contributed by atoms with E-state index in [4.69, 9.17) is 11.6 Å². The Bertz CT molecular complexity index is 42.8. The van der Waals surface area contributed by atoms with Gasteiger partial charge >= 0.3 is 0 Å². The Labute approximate surface area is 42.6 Å². The smallest absolute Gasteiger partial charge is 0.168 e. The summed E-state index contributed by atoms with van der Waals surface area (Å²) in [5, 5.41) is 0. The molecule has 36 valence electrons. The topological polar surface area (TPSA) is 9.23 Å². The summed E-state index contributed by atoms with van der Waals surface area (Å²) in [6, 6.07) is 0. The van der Waals surface area contributed by atoms with Gasteiger partial charge in [-0.05, 0) is 6.92 Å². The minimum absolute atomic E-state index is 0.248. The third-order valence-electron chi connectivity index (χ3n) is 0.284. The van der Waals surface area contributed by atoms with Crippen molar-refractivity contribution in [2.75, 3.05) is 0 Å². The van der Waals surface area contributed by atoms with Crippen molar-refractivity contribution in [3.63, 3.8) is 0 Å². The Morgan fingerprint density at radius 3 is 2.50 bits per heavy atom. The van der Waals surface area contributed by atoms with E-state index in [0.717, 1.165) is 0 Å². The van der Waals surface area contributed by atoms with Gasteiger partial charge in [-0.25, -0.2) is 0 Å². The van der Waals surface area contributed by atoms with Crippen molar-refractivity contribution in [3.8, 4) is 0 Å². The molecule has 1 atom stereocenters. The Morgan fingerprint density at radius 2 is 2.50 bits per heavy atom. The molecule has 0 saturated heterocycles. The van der Waals surface area contributed by atoms with Crippen LogP contribution in [0.15, 0.2) is 12.8 Å². The summed E-state index contributed by atoms with van der Waals surface area (Å²) in [4.78, 5) is 0. The van der Waals surface area contributed by atoms with Crippen LogP contribution >= 0.6 is 11.6 Å². The molecule has 0 bridgehead atoms. The average Bonchev–Trinajstić information content (AvgIpc) is 1.35. The van der Waals surface area contributed by atoms with Crippen LogP contribution in [-0.2, 0) is 4.74 Å². The highest BCUT2D eigenvalue weighted by Gasteiger charge is 1.84. The number of rotatable bonds is 2. The fraction of sp³-hybridized carbons (Fsp3) is 0.500. The van der Waals surface area contributed by atoms with E-state index in [1.165, 1.54) is 6.26 Å². The van der Waals surface area contributed by atoms with Crippen molar-refractivity contribution in [1.29, 1.82) is 0 Å². The lowest BCUT2D eigenvalue weighted by Gasteiger charge is -1.96. The number of ether oxygens (including phenoxy) is 1. The van der Waals surface area contributed by atoms with Gasteiger partial charge in [0.1, 0.15) is 0 Å². The molecule has 0 N–H and O–H groups in total. The summed E-state index contributed by atoms with van der Waals surface area (Å²) < 4.78 is 4.57. The molecule has 6 heavy (non-hydrogen) atoms. The Balaban J connectivity index is 2.81. The van der Waals surface area contributed by atoms with Crippen molar-refractivity contribution in [2.45, 2.75) is 12.5 Å². The Kier molecular flexibility index (Phi) is 2.95. The fourth-order valence-corrected chi connectivity index (χ4v) is 0.205. The second kappa shape index (κ2) is 3.04. The molecule has 1 nitrogen and oxygen atoms in total. The van der Waals surface area contributed by atoms with E-state index < -0.39 is 0 Å². The maximum Gasteiger partial charge on any atom is 0.168 e. The third kappa shape index (κ3) is 3.83. The highest BCUT2D eigenvalue weighted by Crippen LogP contribution is 1.93. The summed E-state index contributed by atoms with van der Waals surface area (Å²) in [5.74, 6) is 0. The molecule has 0 saturated carbocycles. The zero-order valence-corrected chi connectivity index (χ0v) is 4.40. The van der Waals surface area contributed by atoms with Gasteiger partial charge in [-0.3, -0.25) is 0 Å². The van der Waals surface area contributed by atoms with E-state index in [9.17, 15) is 0 Å². The molecular formula is C4H7ClO. The first-order valence-electron chi connectivity index (χ1n) is 1.68. The van der Waals surface area contributed by atoms with Crippen LogP contribution in [0.25, 0.3) is 0 Å². The molecule has 0 spiro atoms. The standard InChI is InChI=1S/C4H7ClO/c1-3-6-4(2)5/h3-4H,1H2,2H3. The summed E-state index contributed by atoms with van der Waals surface area (Å²) >= 11 is 5.28. The van der Waals surface area contributed by atoms with Crippen molar-refractivity contribution in [1.82, 2.24) is 0 Å². The van der Waals surface area contributed by atoms with Crippen molar-refractivity contribution in [2.24, 2.45) is 0 Å². The average molecular weight is 107 g/mol. The summed E-state index contributed by atoms with van der Waals surface area (Å²) in [7, 11) is 0. The molecule has 2 heteroatoms. The summed E-state index contributed by atoms with van der Waals surface area (Å²) in [6.07, 6.45) is 1.32. The number of hydrogen-bond donors (Lipinski definition) is 0. The zero-order chi connectivity index (χ0) is 4.99. The normalized spacial score (nSPS) is 13.0. The molecule has 0 aliphatic heterocycles. The van der Waals surface area contributed by atoms with Crippen molar-refractivity contribution in [3.05, 3.63) is 12.8 Å². The SMILES string of the molecule is C=COC(C)Cl. The van der Waals surface area contributed by atoms with Gasteiger partial charge in [0, 0.05) is 0 Å². The monoisotopic (exact) mass is 106 g/mol. The van der Waals surface area contributed by atoms with Crippen LogP contribution in [0.1, 0.15) is 6.92 Å². The highest BCUT2D eigenvalue weighted by atomic mass is 35.5. The quantitative estimate of drug-likeness (QED) is 0.385. The molecule has 0 amide bonds. The van der Waals surface area contributed by atoms with E-state index >= 15 is 0 Å². The van der Waals surface area contributed by atoms with Gasteiger partial charge < -0.3 is 4.74 Å². The van der Waals surface area contributed by atoms with Crippen molar-refractivity contribution < 1.29 is 4.74 Å². The van der Waals surface area contributed by atoms with Crippen LogP contribution in [0.5, 0.6) is 0 Å². The van der Waals surface area contributed by atoms with E-state index in [-0.39, 0.29) is 5.56 Å². The lowest BCUT2D eigenvalue weighted by atomic mass is 10.8. The first kappa shape index (κ1) is 5.83. The predicted octanol–water partition coefficient (Wildman–Crippen LogP) is 1.73. The number of alkyl halides is 1. The molecule has 0 aliphatic rings. The maximum atomic E-state index is 5.28. The molecule has 0 aromatic heterocycles. The van der Waals surface area contributed by atoms with Crippen LogP contribution in [-0.4, -0.2) is 5.56 Å². The van der Waals surface area contributed by atoms with E-state index in [1.807, 2.05) is 0 Å². The van der Waals surface area contributed by atoms with Gasteiger partial charge in [0.2, 0.25) is 0 Å². The molecule has 0 aromatic rings. The van der Waals surface area contributed by atoms with Gasteiger partial charge in [0.25, 0.3) is 0 Å². The Morgan fingerprint density at radius 1 is 2.00 bits per heavy atom. The second-order valence-electron chi connectivity index (χ2n) is 0.846. The molecule has 0 aliphatic carbocycles. The van der Waals surface area contributed by atoms with Crippen LogP contribution in [0, 0.1) is 0 Å². The number of halogens is 1. The Hall–Kier alpha value is -0.170. The molecule has 0 fully saturated rings. The molecule has 0 rings (SSSR count). The largest absolute Gasteiger partial charge is 0.483 e. The lowest BCUT2D eigenvalue weighted by molar-refractivity contribution is 0.234. The minimum Gasteiger partial charge on any atom is -0.483 e. The van der Waals surface area contributed by atoms with Crippen molar-refractivity contribution >= 4 is 11.6 Å². The predicted molar refractivity (Wildman–Crippen MR) is 26.6 cm³/mol. The number of hydrogen-bond acceptors (Lipinski definition) is 1. The van der Waals surface area contributed by atoms with Gasteiger partial charge in [-0.1, -0.05) is 18.2 Å². The van der Waals surface area contributed by atoms with E-state index in [0.29, 0.717) is 0 Å². The minimum atomic E-state index is -0.248. The summed E-state index contributed by atoms with van der Waals surface area (Å²) in [5.41, 5.74) is -0.248. The molecule has 0 aromatic carbocycles. The van der Waals surface area contributed by atoms with Crippen LogP contribution in [0.2, 0.25) is 0 Å².